The van der Waals surface area contributed by atoms with Crippen molar-refractivity contribution in [2.75, 3.05) is 13.1 Å². The zero-order valence-electron chi connectivity index (χ0n) is 12.7. The molecule has 1 saturated heterocycles. The second-order valence-corrected chi connectivity index (χ2v) is 5.65. The van der Waals surface area contributed by atoms with Gasteiger partial charge in [-0.3, -0.25) is 9.69 Å². The Morgan fingerprint density at radius 2 is 2.14 bits per heavy atom. The van der Waals surface area contributed by atoms with E-state index in [-0.39, 0.29) is 11.9 Å². The minimum Gasteiger partial charge on any atom is -0.454 e. The van der Waals surface area contributed by atoms with Crippen molar-refractivity contribution in [3.8, 4) is 0 Å². The van der Waals surface area contributed by atoms with Gasteiger partial charge in [-0.2, -0.15) is 0 Å². The summed E-state index contributed by atoms with van der Waals surface area (Å²) in [6.45, 7) is 4.64. The Labute approximate surface area is 129 Å². The molecular weight excluding hydrogens is 282 g/mol. The maximum Gasteiger partial charge on any atom is 0.287 e. The minimum atomic E-state index is -0.236. The summed E-state index contributed by atoms with van der Waals surface area (Å²) in [5, 5.41) is 6.51. The van der Waals surface area contributed by atoms with Crippen molar-refractivity contribution in [3.63, 3.8) is 0 Å². The largest absolute Gasteiger partial charge is 0.454 e. The molecule has 0 spiro atoms. The highest BCUT2D eigenvalue weighted by molar-refractivity contribution is 5.91. The molecule has 0 saturated carbocycles. The highest BCUT2D eigenvalue weighted by Crippen LogP contribution is 2.25. The number of aromatic nitrogens is 1. The van der Waals surface area contributed by atoms with Gasteiger partial charge >= 0.3 is 0 Å². The van der Waals surface area contributed by atoms with Crippen LogP contribution in [0.3, 0.4) is 0 Å². The minimum absolute atomic E-state index is 0.206. The van der Waals surface area contributed by atoms with Gasteiger partial charge in [0.15, 0.2) is 5.76 Å². The topological polar surface area (TPSA) is 71.5 Å². The van der Waals surface area contributed by atoms with Crippen molar-refractivity contribution in [1.82, 2.24) is 15.4 Å². The molecule has 3 rings (SSSR count). The zero-order chi connectivity index (χ0) is 15.4. The van der Waals surface area contributed by atoms with Crippen LogP contribution in [0.2, 0.25) is 0 Å². The van der Waals surface area contributed by atoms with E-state index in [2.05, 4.69) is 22.3 Å². The quantitative estimate of drug-likeness (QED) is 0.919. The summed E-state index contributed by atoms with van der Waals surface area (Å²) in [6.07, 6.45) is 5.25. The predicted octanol–water partition coefficient (Wildman–Crippen LogP) is 2.74. The molecule has 0 bridgehead atoms. The van der Waals surface area contributed by atoms with Gasteiger partial charge in [0.1, 0.15) is 17.7 Å². The molecule has 22 heavy (non-hydrogen) atoms. The molecule has 0 unspecified atom stereocenters. The molecule has 6 nitrogen and oxygen atoms in total. The molecule has 1 atom stereocenters. The van der Waals surface area contributed by atoms with Crippen molar-refractivity contribution in [1.29, 1.82) is 0 Å². The second-order valence-electron chi connectivity index (χ2n) is 5.65. The molecule has 0 aliphatic carbocycles. The zero-order valence-corrected chi connectivity index (χ0v) is 12.7. The first kappa shape index (κ1) is 14.8. The van der Waals surface area contributed by atoms with E-state index >= 15 is 0 Å². The van der Waals surface area contributed by atoms with E-state index in [4.69, 9.17) is 8.94 Å². The molecule has 1 N–H and O–H groups in total. The normalized spacial score (nSPS) is 17.3. The van der Waals surface area contributed by atoms with Crippen LogP contribution in [0.4, 0.5) is 0 Å². The van der Waals surface area contributed by atoms with E-state index in [9.17, 15) is 4.79 Å². The van der Waals surface area contributed by atoms with E-state index in [1.807, 2.05) is 6.07 Å². The van der Waals surface area contributed by atoms with Gasteiger partial charge in [-0.15, -0.1) is 0 Å². The van der Waals surface area contributed by atoms with Gasteiger partial charge in [-0.25, -0.2) is 0 Å². The number of nitrogens with zero attached hydrogens (tertiary/aromatic N) is 2. The third kappa shape index (κ3) is 3.39. The standard InChI is InChI=1S/C16H21N3O3/c1-12(19-8-3-2-4-9-19)14-5-6-15(22-14)16(20)17-11-13-7-10-21-18-13/h5-7,10,12H,2-4,8-9,11H2,1H3,(H,17,20)/t12-/m1/s1. The van der Waals surface area contributed by atoms with E-state index in [1.165, 1.54) is 25.5 Å². The van der Waals surface area contributed by atoms with E-state index in [0.29, 0.717) is 18.0 Å². The SMILES string of the molecule is C[C@H](c1ccc(C(=O)NCc2ccon2)o1)N1CCCCC1. The lowest BCUT2D eigenvalue weighted by molar-refractivity contribution is 0.0913. The summed E-state index contributed by atoms with van der Waals surface area (Å²) in [6, 6.07) is 5.54. The van der Waals surface area contributed by atoms with Crippen LogP contribution in [-0.2, 0) is 6.54 Å². The Balaban J connectivity index is 1.58. The van der Waals surface area contributed by atoms with Gasteiger partial charge in [0.2, 0.25) is 0 Å². The van der Waals surface area contributed by atoms with Crippen LogP contribution in [0.25, 0.3) is 0 Å². The number of carbonyl (C=O) groups is 1. The van der Waals surface area contributed by atoms with Gasteiger partial charge in [0, 0.05) is 6.07 Å². The Morgan fingerprint density at radius 3 is 2.86 bits per heavy atom. The maximum atomic E-state index is 12.1. The van der Waals surface area contributed by atoms with Crippen LogP contribution in [0.5, 0.6) is 0 Å². The van der Waals surface area contributed by atoms with Crippen LogP contribution in [0.15, 0.2) is 33.4 Å². The fraction of sp³-hybridized carbons (Fsp3) is 0.500. The smallest absolute Gasteiger partial charge is 0.287 e. The van der Waals surface area contributed by atoms with Crippen molar-refractivity contribution in [3.05, 3.63) is 41.7 Å². The van der Waals surface area contributed by atoms with Crippen molar-refractivity contribution in [2.45, 2.75) is 38.8 Å². The Bertz CT molecular complexity index is 600. The number of piperidine rings is 1. The first-order valence-corrected chi connectivity index (χ1v) is 7.75. The van der Waals surface area contributed by atoms with Gasteiger partial charge in [-0.05, 0) is 45.0 Å². The van der Waals surface area contributed by atoms with Crippen LogP contribution in [0.1, 0.15) is 54.2 Å². The third-order valence-electron chi connectivity index (χ3n) is 4.12. The van der Waals surface area contributed by atoms with Crippen molar-refractivity contribution >= 4 is 5.91 Å². The number of nitrogens with one attached hydrogen (secondary N) is 1. The lowest BCUT2D eigenvalue weighted by Gasteiger charge is -2.31. The summed E-state index contributed by atoms with van der Waals surface area (Å²) in [5.41, 5.74) is 0.682. The molecule has 2 aromatic rings. The lowest BCUT2D eigenvalue weighted by Crippen LogP contribution is -2.32. The first-order valence-electron chi connectivity index (χ1n) is 7.75. The summed E-state index contributed by atoms with van der Waals surface area (Å²) in [4.78, 5) is 14.5. The van der Waals surface area contributed by atoms with Gasteiger partial charge in [0.25, 0.3) is 5.91 Å². The van der Waals surface area contributed by atoms with Gasteiger partial charge in [-0.1, -0.05) is 11.6 Å². The number of likely N-dealkylation sites (tertiary alicyclic amines) is 1. The predicted molar refractivity (Wildman–Crippen MR) is 80.2 cm³/mol. The molecule has 1 amide bonds. The number of carbonyl (C=O) groups excluding carboxylic acids is 1. The molecule has 0 radical (unpaired) electrons. The average molecular weight is 303 g/mol. The fourth-order valence-corrected chi connectivity index (χ4v) is 2.77. The molecule has 0 aromatic carbocycles. The maximum absolute atomic E-state index is 12.1. The fourth-order valence-electron chi connectivity index (χ4n) is 2.77. The highest BCUT2D eigenvalue weighted by Gasteiger charge is 2.22. The lowest BCUT2D eigenvalue weighted by atomic mass is 10.1. The monoisotopic (exact) mass is 303 g/mol. The molecule has 2 aromatic heterocycles. The summed E-state index contributed by atoms with van der Waals surface area (Å²) in [7, 11) is 0. The number of hydrogen-bond acceptors (Lipinski definition) is 5. The average Bonchev–Trinajstić information content (AvgIpc) is 3.24. The second kappa shape index (κ2) is 6.79. The number of rotatable bonds is 5. The number of hydrogen-bond donors (Lipinski definition) is 1. The molecule has 6 heteroatoms. The summed E-state index contributed by atoms with van der Waals surface area (Å²) >= 11 is 0. The van der Waals surface area contributed by atoms with Gasteiger partial charge < -0.3 is 14.3 Å². The number of amides is 1. The highest BCUT2D eigenvalue weighted by atomic mass is 16.5. The third-order valence-corrected chi connectivity index (χ3v) is 4.12. The van der Waals surface area contributed by atoms with Crippen LogP contribution < -0.4 is 5.32 Å². The van der Waals surface area contributed by atoms with E-state index < -0.39 is 0 Å². The first-order chi connectivity index (χ1) is 10.7. The molecule has 1 aliphatic heterocycles. The van der Waals surface area contributed by atoms with Crippen molar-refractivity contribution < 1.29 is 13.7 Å². The van der Waals surface area contributed by atoms with Crippen LogP contribution in [0, 0.1) is 0 Å². The van der Waals surface area contributed by atoms with Crippen LogP contribution in [-0.4, -0.2) is 29.1 Å². The van der Waals surface area contributed by atoms with Gasteiger partial charge in [0.05, 0.1) is 12.6 Å². The Kier molecular flexibility index (Phi) is 4.58. The number of furan rings is 1. The molecular formula is C16H21N3O3. The Morgan fingerprint density at radius 1 is 1.32 bits per heavy atom. The summed E-state index contributed by atoms with van der Waals surface area (Å²) in [5.74, 6) is 0.941. The van der Waals surface area contributed by atoms with Crippen molar-refractivity contribution in [2.24, 2.45) is 0 Å². The molecule has 3 heterocycles. The molecule has 1 aliphatic rings. The van der Waals surface area contributed by atoms with E-state index in [1.54, 1.807) is 12.1 Å². The molecule has 118 valence electrons. The summed E-state index contributed by atoms with van der Waals surface area (Å²) < 4.78 is 10.5. The van der Waals surface area contributed by atoms with E-state index in [0.717, 1.165) is 18.8 Å². The van der Waals surface area contributed by atoms with Crippen LogP contribution >= 0.6 is 0 Å². The molecule has 1 fully saturated rings. The Hall–Kier alpha value is -2.08.